The molecule has 1 aliphatic carbocycles. The molecule has 1 aliphatic rings. The van der Waals surface area contributed by atoms with E-state index < -0.39 is 0 Å². The lowest BCUT2D eigenvalue weighted by molar-refractivity contribution is 0.0511. The summed E-state index contributed by atoms with van der Waals surface area (Å²) in [4.78, 5) is 26.6. The summed E-state index contributed by atoms with van der Waals surface area (Å²) in [5.41, 5.74) is 7.86. The van der Waals surface area contributed by atoms with E-state index in [1.165, 1.54) is 24.8 Å². The van der Waals surface area contributed by atoms with Crippen molar-refractivity contribution in [3.63, 3.8) is 0 Å². The van der Waals surface area contributed by atoms with Crippen molar-refractivity contribution >= 4 is 29.4 Å². The first-order valence-electron chi connectivity index (χ1n) is 14.5. The van der Waals surface area contributed by atoms with E-state index in [2.05, 4.69) is 48.4 Å². The van der Waals surface area contributed by atoms with Crippen LogP contribution >= 0.6 is 0 Å². The molecule has 1 fully saturated rings. The van der Waals surface area contributed by atoms with Crippen molar-refractivity contribution in [2.45, 2.75) is 44.6 Å². The minimum Gasteiger partial charge on any atom is -0.378 e. The average Bonchev–Trinajstić information content (AvgIpc) is 2.99. The van der Waals surface area contributed by atoms with Gasteiger partial charge in [0.15, 0.2) is 0 Å². The fourth-order valence-electron chi connectivity index (χ4n) is 4.58. The van der Waals surface area contributed by atoms with E-state index >= 15 is 0 Å². The smallest absolute Gasteiger partial charge is 0.251 e. The van der Waals surface area contributed by atoms with Crippen LogP contribution in [0.2, 0.25) is 0 Å². The number of nitrogens with one attached hydrogen (secondary N) is 4. The van der Waals surface area contributed by atoms with E-state index in [4.69, 9.17) is 15.2 Å². The highest BCUT2D eigenvalue weighted by atomic mass is 16.5. The Balaban J connectivity index is 1.35. The number of carbonyl (C=O) groups excluding carboxylic acids is 1. The van der Waals surface area contributed by atoms with Crippen molar-refractivity contribution in [1.29, 1.82) is 0 Å². The standard InChI is InChI=1S/C30H42N8O3/c31-15-18-40-20-21-41-19-17-32-27(39)24-10-7-13-26(22-24)35-30-37-28(33-16-14-23-8-3-1-4-9-23)36-29(38-30)34-25-11-5-2-6-12-25/h1,3-4,7-10,13,22,25H,2,5-6,11-12,14-21,31H2,(H,32,39)(H3,33,34,35,36,37,38). The Hall–Kier alpha value is -3.80. The van der Waals surface area contributed by atoms with Crippen LogP contribution in [0.1, 0.15) is 48.0 Å². The number of carbonyl (C=O) groups is 1. The number of benzene rings is 2. The third-order valence-corrected chi connectivity index (χ3v) is 6.66. The summed E-state index contributed by atoms with van der Waals surface area (Å²) in [6, 6.07) is 17.9. The molecule has 3 aromatic rings. The van der Waals surface area contributed by atoms with Gasteiger partial charge in [0.05, 0.1) is 26.4 Å². The van der Waals surface area contributed by atoms with Crippen LogP contribution in [0.15, 0.2) is 54.6 Å². The molecule has 2 aromatic carbocycles. The summed E-state index contributed by atoms with van der Waals surface area (Å²) in [5, 5.41) is 13.0. The Labute approximate surface area is 242 Å². The molecule has 0 bridgehead atoms. The lowest BCUT2D eigenvalue weighted by Gasteiger charge is -2.23. The number of nitrogens with zero attached hydrogens (tertiary/aromatic N) is 3. The van der Waals surface area contributed by atoms with Gasteiger partial charge in [0.2, 0.25) is 17.8 Å². The summed E-state index contributed by atoms with van der Waals surface area (Å²) in [5.74, 6) is 1.26. The van der Waals surface area contributed by atoms with Gasteiger partial charge < -0.3 is 36.5 Å². The third-order valence-electron chi connectivity index (χ3n) is 6.66. The van der Waals surface area contributed by atoms with Crippen LogP contribution in [-0.4, -0.2) is 73.0 Å². The zero-order valence-corrected chi connectivity index (χ0v) is 23.6. The summed E-state index contributed by atoms with van der Waals surface area (Å²) in [6.45, 7) is 3.44. The molecule has 0 radical (unpaired) electrons. The average molecular weight is 563 g/mol. The van der Waals surface area contributed by atoms with E-state index in [0.717, 1.165) is 19.3 Å². The fraction of sp³-hybridized carbons (Fsp3) is 0.467. The molecule has 0 aliphatic heterocycles. The molecular formula is C30H42N8O3. The van der Waals surface area contributed by atoms with E-state index in [1.807, 2.05) is 30.3 Å². The zero-order chi connectivity index (χ0) is 28.5. The van der Waals surface area contributed by atoms with Crippen LogP contribution in [0.4, 0.5) is 23.5 Å². The molecule has 0 saturated heterocycles. The summed E-state index contributed by atoms with van der Waals surface area (Å²) in [6.07, 6.45) is 6.76. The minimum atomic E-state index is -0.185. The van der Waals surface area contributed by atoms with Crippen molar-refractivity contribution in [2.75, 3.05) is 62.0 Å². The topological polar surface area (TPSA) is 148 Å². The number of rotatable bonds is 17. The number of aromatic nitrogens is 3. The molecule has 1 amide bonds. The lowest BCUT2D eigenvalue weighted by atomic mass is 9.96. The molecule has 220 valence electrons. The number of hydrogen-bond donors (Lipinski definition) is 5. The van der Waals surface area contributed by atoms with E-state index in [9.17, 15) is 4.79 Å². The molecule has 4 rings (SSSR count). The second-order valence-electron chi connectivity index (χ2n) is 9.92. The number of hydrogen-bond acceptors (Lipinski definition) is 10. The van der Waals surface area contributed by atoms with E-state index in [0.29, 0.717) is 81.2 Å². The molecule has 0 atom stereocenters. The molecule has 11 nitrogen and oxygen atoms in total. The third kappa shape index (κ3) is 10.9. The first-order valence-corrected chi connectivity index (χ1v) is 14.5. The van der Waals surface area contributed by atoms with Crippen molar-refractivity contribution < 1.29 is 14.3 Å². The molecular weight excluding hydrogens is 520 g/mol. The van der Waals surface area contributed by atoms with Crippen LogP contribution in [-0.2, 0) is 15.9 Å². The Kier molecular flexibility index (Phi) is 12.6. The summed E-state index contributed by atoms with van der Waals surface area (Å²) < 4.78 is 10.7. The van der Waals surface area contributed by atoms with Crippen LogP contribution < -0.4 is 27.0 Å². The maximum absolute atomic E-state index is 12.7. The van der Waals surface area contributed by atoms with E-state index in [-0.39, 0.29) is 5.91 Å². The lowest BCUT2D eigenvalue weighted by Crippen LogP contribution is -2.27. The highest BCUT2D eigenvalue weighted by molar-refractivity contribution is 5.95. The van der Waals surface area contributed by atoms with Gasteiger partial charge in [0.1, 0.15) is 0 Å². The predicted octanol–water partition coefficient (Wildman–Crippen LogP) is 3.74. The second-order valence-corrected chi connectivity index (χ2v) is 9.92. The first-order chi connectivity index (χ1) is 20.2. The Bertz CT molecular complexity index is 1190. The van der Waals surface area contributed by atoms with Crippen molar-refractivity contribution in [3.8, 4) is 0 Å². The molecule has 1 heterocycles. The van der Waals surface area contributed by atoms with Gasteiger partial charge in [-0.2, -0.15) is 15.0 Å². The van der Waals surface area contributed by atoms with Crippen molar-refractivity contribution in [1.82, 2.24) is 20.3 Å². The van der Waals surface area contributed by atoms with E-state index in [1.54, 1.807) is 12.1 Å². The Morgan fingerprint density at radius 2 is 1.59 bits per heavy atom. The zero-order valence-electron chi connectivity index (χ0n) is 23.6. The van der Waals surface area contributed by atoms with Gasteiger partial charge in [-0.25, -0.2) is 0 Å². The quantitative estimate of drug-likeness (QED) is 0.154. The number of ether oxygens (including phenoxy) is 2. The number of nitrogens with two attached hydrogens (primary N) is 1. The van der Waals surface area contributed by atoms with Gasteiger partial charge in [0.25, 0.3) is 5.91 Å². The highest BCUT2D eigenvalue weighted by Gasteiger charge is 2.16. The van der Waals surface area contributed by atoms with Crippen LogP contribution in [0.25, 0.3) is 0 Å². The van der Waals surface area contributed by atoms with Gasteiger partial charge in [-0.15, -0.1) is 0 Å². The Morgan fingerprint density at radius 1 is 0.829 bits per heavy atom. The Morgan fingerprint density at radius 3 is 2.39 bits per heavy atom. The molecule has 1 aromatic heterocycles. The van der Waals surface area contributed by atoms with Crippen LogP contribution in [0.5, 0.6) is 0 Å². The molecule has 6 N–H and O–H groups in total. The predicted molar refractivity (Wildman–Crippen MR) is 162 cm³/mol. The van der Waals surface area contributed by atoms with Gasteiger partial charge in [-0.3, -0.25) is 4.79 Å². The van der Waals surface area contributed by atoms with Gasteiger partial charge in [-0.1, -0.05) is 55.7 Å². The molecule has 1 saturated carbocycles. The van der Waals surface area contributed by atoms with Gasteiger partial charge in [0, 0.05) is 36.9 Å². The SMILES string of the molecule is NCCOCCOCCNC(=O)c1cccc(Nc2nc(NCCc3ccccc3)nc(NC3CCCCC3)n2)c1. The maximum atomic E-state index is 12.7. The van der Waals surface area contributed by atoms with Crippen molar-refractivity contribution in [3.05, 3.63) is 65.7 Å². The molecule has 11 heteroatoms. The molecule has 41 heavy (non-hydrogen) atoms. The highest BCUT2D eigenvalue weighted by Crippen LogP contribution is 2.22. The maximum Gasteiger partial charge on any atom is 0.251 e. The molecule has 0 spiro atoms. The molecule has 0 unspecified atom stereocenters. The second kappa shape index (κ2) is 17.1. The normalized spacial score (nSPS) is 13.5. The van der Waals surface area contributed by atoms with Crippen LogP contribution in [0.3, 0.4) is 0 Å². The summed E-state index contributed by atoms with van der Waals surface area (Å²) >= 11 is 0. The summed E-state index contributed by atoms with van der Waals surface area (Å²) in [7, 11) is 0. The first kappa shape index (κ1) is 30.2. The van der Waals surface area contributed by atoms with Crippen LogP contribution in [0, 0.1) is 0 Å². The van der Waals surface area contributed by atoms with Gasteiger partial charge >= 0.3 is 0 Å². The fourth-order valence-corrected chi connectivity index (χ4v) is 4.58. The largest absolute Gasteiger partial charge is 0.378 e. The van der Waals surface area contributed by atoms with Gasteiger partial charge in [-0.05, 0) is 43.0 Å². The number of amides is 1. The minimum absolute atomic E-state index is 0.185. The van der Waals surface area contributed by atoms with Crippen molar-refractivity contribution in [2.24, 2.45) is 5.73 Å². The monoisotopic (exact) mass is 562 g/mol. The number of anilines is 4.